The SMILES string of the molecule is CNCc1cccc(CN2CCN(S(C)(=O)=O)CC2)c1. The summed E-state index contributed by atoms with van der Waals surface area (Å²) in [5, 5.41) is 3.15. The molecule has 112 valence electrons. The zero-order valence-corrected chi connectivity index (χ0v) is 13.0. The van der Waals surface area contributed by atoms with E-state index in [2.05, 4.69) is 34.5 Å². The average Bonchev–Trinajstić information content (AvgIpc) is 2.39. The molecular weight excluding hydrogens is 274 g/mol. The van der Waals surface area contributed by atoms with Crippen molar-refractivity contribution in [2.75, 3.05) is 39.5 Å². The van der Waals surface area contributed by atoms with Gasteiger partial charge in [0, 0.05) is 39.3 Å². The molecule has 1 N–H and O–H groups in total. The summed E-state index contributed by atoms with van der Waals surface area (Å²) >= 11 is 0. The highest BCUT2D eigenvalue weighted by atomic mass is 32.2. The van der Waals surface area contributed by atoms with Gasteiger partial charge in [-0.05, 0) is 18.2 Å². The minimum Gasteiger partial charge on any atom is -0.316 e. The lowest BCUT2D eigenvalue weighted by atomic mass is 10.1. The Hall–Kier alpha value is -0.950. The second-order valence-electron chi connectivity index (χ2n) is 5.29. The zero-order chi connectivity index (χ0) is 14.6. The third-order valence-corrected chi connectivity index (χ3v) is 4.88. The summed E-state index contributed by atoms with van der Waals surface area (Å²) in [5.41, 5.74) is 2.56. The minimum atomic E-state index is -3.04. The molecule has 0 radical (unpaired) electrons. The Labute approximate surface area is 121 Å². The van der Waals surface area contributed by atoms with Crippen LogP contribution in [0.5, 0.6) is 0 Å². The number of hydrogen-bond donors (Lipinski definition) is 1. The first-order valence-electron chi connectivity index (χ1n) is 6.89. The van der Waals surface area contributed by atoms with E-state index < -0.39 is 10.0 Å². The van der Waals surface area contributed by atoms with Crippen molar-refractivity contribution < 1.29 is 8.42 Å². The first-order chi connectivity index (χ1) is 9.49. The van der Waals surface area contributed by atoms with Crippen molar-refractivity contribution >= 4 is 10.0 Å². The van der Waals surface area contributed by atoms with Gasteiger partial charge in [-0.3, -0.25) is 4.90 Å². The highest BCUT2D eigenvalue weighted by Crippen LogP contribution is 2.12. The van der Waals surface area contributed by atoms with Crippen LogP contribution in [0.4, 0.5) is 0 Å². The van der Waals surface area contributed by atoms with Crippen LogP contribution in [0.15, 0.2) is 24.3 Å². The van der Waals surface area contributed by atoms with Crippen molar-refractivity contribution in [3.63, 3.8) is 0 Å². The first kappa shape index (κ1) is 15.4. The number of sulfonamides is 1. The van der Waals surface area contributed by atoms with Crippen LogP contribution in [-0.2, 0) is 23.1 Å². The largest absolute Gasteiger partial charge is 0.316 e. The van der Waals surface area contributed by atoms with Crippen molar-refractivity contribution in [3.05, 3.63) is 35.4 Å². The maximum atomic E-state index is 11.5. The molecule has 2 rings (SSSR count). The fourth-order valence-corrected chi connectivity index (χ4v) is 3.35. The lowest BCUT2D eigenvalue weighted by molar-refractivity contribution is 0.182. The summed E-state index contributed by atoms with van der Waals surface area (Å²) in [7, 11) is -1.10. The Balaban J connectivity index is 1.91. The van der Waals surface area contributed by atoms with Crippen molar-refractivity contribution in [1.29, 1.82) is 0 Å². The number of hydrogen-bond acceptors (Lipinski definition) is 4. The van der Waals surface area contributed by atoms with E-state index >= 15 is 0 Å². The molecule has 1 aromatic rings. The van der Waals surface area contributed by atoms with Gasteiger partial charge < -0.3 is 5.32 Å². The number of nitrogens with one attached hydrogen (secondary N) is 1. The van der Waals surface area contributed by atoms with E-state index in [1.165, 1.54) is 17.4 Å². The third-order valence-electron chi connectivity index (χ3n) is 3.58. The van der Waals surface area contributed by atoms with Crippen molar-refractivity contribution in [2.24, 2.45) is 0 Å². The van der Waals surface area contributed by atoms with Gasteiger partial charge in [0.2, 0.25) is 10.0 Å². The lowest BCUT2D eigenvalue weighted by Crippen LogP contribution is -2.47. The molecule has 1 heterocycles. The summed E-state index contributed by atoms with van der Waals surface area (Å²) in [6.45, 7) is 4.53. The van der Waals surface area contributed by atoms with Crippen molar-refractivity contribution in [3.8, 4) is 0 Å². The first-order valence-corrected chi connectivity index (χ1v) is 8.74. The van der Waals surface area contributed by atoms with Crippen LogP contribution in [0, 0.1) is 0 Å². The number of benzene rings is 1. The summed E-state index contributed by atoms with van der Waals surface area (Å²) in [6, 6.07) is 8.53. The molecule has 0 unspecified atom stereocenters. The Morgan fingerprint density at radius 1 is 1.15 bits per heavy atom. The quantitative estimate of drug-likeness (QED) is 0.859. The van der Waals surface area contributed by atoms with Gasteiger partial charge in [0.25, 0.3) is 0 Å². The molecule has 6 heteroatoms. The molecule has 1 aromatic carbocycles. The van der Waals surface area contributed by atoms with E-state index in [9.17, 15) is 8.42 Å². The van der Waals surface area contributed by atoms with Crippen LogP contribution in [0.2, 0.25) is 0 Å². The zero-order valence-electron chi connectivity index (χ0n) is 12.2. The van der Waals surface area contributed by atoms with Crippen LogP contribution < -0.4 is 5.32 Å². The molecule has 0 spiro atoms. The molecule has 0 aliphatic carbocycles. The Kier molecular flexibility index (Phi) is 5.15. The van der Waals surface area contributed by atoms with Crippen LogP contribution in [0.3, 0.4) is 0 Å². The van der Waals surface area contributed by atoms with Crippen LogP contribution in [-0.4, -0.2) is 57.1 Å². The maximum Gasteiger partial charge on any atom is 0.211 e. The van der Waals surface area contributed by atoms with E-state index in [4.69, 9.17) is 0 Å². The van der Waals surface area contributed by atoms with E-state index in [-0.39, 0.29) is 0 Å². The van der Waals surface area contributed by atoms with Crippen LogP contribution in [0.25, 0.3) is 0 Å². The van der Waals surface area contributed by atoms with Gasteiger partial charge in [-0.1, -0.05) is 24.3 Å². The Morgan fingerprint density at radius 2 is 1.80 bits per heavy atom. The summed E-state index contributed by atoms with van der Waals surface area (Å²) in [6.07, 6.45) is 1.28. The molecule has 0 bridgehead atoms. The highest BCUT2D eigenvalue weighted by Gasteiger charge is 2.23. The molecule has 0 amide bonds. The fraction of sp³-hybridized carbons (Fsp3) is 0.571. The highest BCUT2D eigenvalue weighted by molar-refractivity contribution is 7.88. The van der Waals surface area contributed by atoms with Gasteiger partial charge in [0.05, 0.1) is 6.26 Å². The molecule has 1 fully saturated rings. The molecule has 0 saturated carbocycles. The van der Waals surface area contributed by atoms with Gasteiger partial charge >= 0.3 is 0 Å². The van der Waals surface area contributed by atoms with Gasteiger partial charge in [-0.15, -0.1) is 0 Å². The van der Waals surface area contributed by atoms with Crippen LogP contribution >= 0.6 is 0 Å². The van der Waals surface area contributed by atoms with E-state index in [1.807, 2.05) is 7.05 Å². The summed E-state index contributed by atoms with van der Waals surface area (Å²) in [4.78, 5) is 2.31. The smallest absolute Gasteiger partial charge is 0.211 e. The van der Waals surface area contributed by atoms with E-state index in [0.717, 1.165) is 26.2 Å². The van der Waals surface area contributed by atoms with Crippen molar-refractivity contribution in [1.82, 2.24) is 14.5 Å². The van der Waals surface area contributed by atoms with E-state index in [0.29, 0.717) is 13.1 Å². The molecule has 5 nitrogen and oxygen atoms in total. The normalized spacial score (nSPS) is 18.3. The van der Waals surface area contributed by atoms with Gasteiger partial charge in [-0.2, -0.15) is 4.31 Å². The average molecular weight is 297 g/mol. The molecule has 0 atom stereocenters. The Bertz CT molecular complexity index is 537. The monoisotopic (exact) mass is 297 g/mol. The van der Waals surface area contributed by atoms with Gasteiger partial charge in [-0.25, -0.2) is 8.42 Å². The van der Waals surface area contributed by atoms with Gasteiger partial charge in [0.1, 0.15) is 0 Å². The second-order valence-corrected chi connectivity index (χ2v) is 7.27. The topological polar surface area (TPSA) is 52.6 Å². The molecule has 20 heavy (non-hydrogen) atoms. The van der Waals surface area contributed by atoms with E-state index in [1.54, 1.807) is 4.31 Å². The molecule has 1 aliphatic rings. The van der Waals surface area contributed by atoms with Crippen molar-refractivity contribution in [2.45, 2.75) is 13.1 Å². The standard InChI is InChI=1S/C14H23N3O2S/c1-15-11-13-4-3-5-14(10-13)12-16-6-8-17(9-7-16)20(2,18)19/h3-5,10,15H,6-9,11-12H2,1-2H3. The molecular formula is C14H23N3O2S. The molecule has 1 saturated heterocycles. The summed E-state index contributed by atoms with van der Waals surface area (Å²) < 4.78 is 24.5. The predicted octanol–water partition coefficient (Wildman–Crippen LogP) is 0.483. The number of piperazine rings is 1. The van der Waals surface area contributed by atoms with Gasteiger partial charge in [0.15, 0.2) is 0 Å². The third kappa shape index (κ3) is 4.28. The molecule has 0 aromatic heterocycles. The second kappa shape index (κ2) is 6.67. The lowest BCUT2D eigenvalue weighted by Gasteiger charge is -2.33. The summed E-state index contributed by atoms with van der Waals surface area (Å²) in [5.74, 6) is 0. The number of rotatable bonds is 5. The predicted molar refractivity (Wildman–Crippen MR) is 80.9 cm³/mol. The maximum absolute atomic E-state index is 11.5. The minimum absolute atomic E-state index is 0.592. The Morgan fingerprint density at radius 3 is 2.40 bits per heavy atom. The fourth-order valence-electron chi connectivity index (χ4n) is 2.52. The molecule has 1 aliphatic heterocycles. The van der Waals surface area contributed by atoms with Crippen LogP contribution in [0.1, 0.15) is 11.1 Å². The number of nitrogens with zero attached hydrogens (tertiary/aromatic N) is 2.